The molecule has 0 unspecified atom stereocenters. The Balaban J connectivity index is 2.87. The molecule has 0 aliphatic heterocycles. The second-order valence-electron chi connectivity index (χ2n) is 2.79. The Morgan fingerprint density at radius 3 is 2.86 bits per heavy atom. The van der Waals surface area contributed by atoms with Crippen LogP contribution in [0.4, 0.5) is 0 Å². The largest absolute Gasteiger partial charge is 0.481 e. The number of hydrogen-bond donors (Lipinski definition) is 0. The molecular weight excluding hydrogens is 265 g/mol. The van der Waals surface area contributed by atoms with Crippen LogP contribution >= 0.6 is 27.5 Å². The summed E-state index contributed by atoms with van der Waals surface area (Å²) >= 11 is 9.32. The van der Waals surface area contributed by atoms with Gasteiger partial charge in [0.05, 0.1) is 7.11 Å². The highest BCUT2D eigenvalue weighted by molar-refractivity contribution is 9.10. The van der Waals surface area contributed by atoms with Crippen LogP contribution in [0.5, 0.6) is 5.88 Å². The number of ether oxygens (including phenoxy) is 1. The topological polar surface area (TPSA) is 22.1 Å². The first kappa shape index (κ1) is 9.74. The van der Waals surface area contributed by atoms with Gasteiger partial charge in [-0.2, -0.15) is 0 Å². The third-order valence-corrected chi connectivity index (χ3v) is 2.83. The highest BCUT2D eigenvalue weighted by atomic mass is 79.9. The lowest BCUT2D eigenvalue weighted by Gasteiger charge is -2.05. The predicted molar refractivity (Wildman–Crippen MR) is 61.0 cm³/mol. The Morgan fingerprint density at radius 1 is 1.36 bits per heavy atom. The molecular formula is C10H7BrClNO. The lowest BCUT2D eigenvalue weighted by molar-refractivity contribution is 0.403. The number of nitrogens with zero attached hydrogens (tertiary/aromatic N) is 1. The molecule has 0 saturated carbocycles. The van der Waals surface area contributed by atoms with Crippen LogP contribution in [0.2, 0.25) is 5.15 Å². The summed E-state index contributed by atoms with van der Waals surface area (Å²) in [6, 6.07) is 7.65. The minimum atomic E-state index is 0.432. The average molecular weight is 273 g/mol. The van der Waals surface area contributed by atoms with Gasteiger partial charge in [0.25, 0.3) is 0 Å². The molecule has 0 aliphatic carbocycles. The maximum Gasteiger partial charge on any atom is 0.222 e. The van der Waals surface area contributed by atoms with E-state index < -0.39 is 0 Å². The smallest absolute Gasteiger partial charge is 0.222 e. The number of benzene rings is 1. The molecule has 0 amide bonds. The first-order valence-corrected chi connectivity index (χ1v) is 5.18. The maximum absolute atomic E-state index is 5.86. The van der Waals surface area contributed by atoms with E-state index in [1.807, 2.05) is 24.3 Å². The summed E-state index contributed by atoms with van der Waals surface area (Å²) in [6.07, 6.45) is 0. The summed E-state index contributed by atoms with van der Waals surface area (Å²) in [7, 11) is 1.58. The predicted octanol–water partition coefficient (Wildman–Crippen LogP) is 3.66. The van der Waals surface area contributed by atoms with Crippen molar-refractivity contribution in [3.05, 3.63) is 33.9 Å². The van der Waals surface area contributed by atoms with Gasteiger partial charge in [-0.15, -0.1) is 0 Å². The summed E-state index contributed by atoms with van der Waals surface area (Å²) in [5.41, 5.74) is 0. The molecule has 2 nitrogen and oxygen atoms in total. The van der Waals surface area contributed by atoms with Crippen LogP contribution in [0.15, 0.2) is 28.7 Å². The van der Waals surface area contributed by atoms with Crippen molar-refractivity contribution < 1.29 is 4.74 Å². The van der Waals surface area contributed by atoms with Crippen LogP contribution < -0.4 is 4.74 Å². The molecule has 1 aromatic carbocycles. The minimum absolute atomic E-state index is 0.432. The fourth-order valence-electron chi connectivity index (χ4n) is 1.33. The summed E-state index contributed by atoms with van der Waals surface area (Å²) in [5.74, 6) is 0.550. The summed E-state index contributed by atoms with van der Waals surface area (Å²) in [4.78, 5) is 4.08. The second kappa shape index (κ2) is 3.75. The number of hydrogen-bond acceptors (Lipinski definition) is 2. The molecule has 14 heavy (non-hydrogen) atoms. The monoisotopic (exact) mass is 271 g/mol. The minimum Gasteiger partial charge on any atom is -0.481 e. The van der Waals surface area contributed by atoms with Crippen LogP contribution in [0.3, 0.4) is 0 Å². The van der Waals surface area contributed by atoms with E-state index >= 15 is 0 Å². The molecule has 72 valence electrons. The molecule has 0 atom stereocenters. The van der Waals surface area contributed by atoms with Gasteiger partial charge in [0.1, 0.15) is 5.15 Å². The molecule has 0 N–H and O–H groups in total. The Morgan fingerprint density at radius 2 is 2.14 bits per heavy atom. The number of halogens is 2. The van der Waals surface area contributed by atoms with Crippen molar-refractivity contribution in [3.8, 4) is 5.88 Å². The lowest BCUT2D eigenvalue weighted by atomic mass is 10.2. The van der Waals surface area contributed by atoms with Crippen LogP contribution in [-0.4, -0.2) is 12.1 Å². The third-order valence-electron chi connectivity index (χ3n) is 1.95. The molecule has 0 radical (unpaired) electrons. The number of methoxy groups -OCH3 is 1. The van der Waals surface area contributed by atoms with Crippen molar-refractivity contribution in [2.75, 3.05) is 7.11 Å². The lowest BCUT2D eigenvalue weighted by Crippen LogP contribution is -1.89. The third kappa shape index (κ3) is 1.57. The molecule has 0 bridgehead atoms. The molecule has 0 saturated heterocycles. The maximum atomic E-state index is 5.86. The van der Waals surface area contributed by atoms with E-state index in [0.29, 0.717) is 11.0 Å². The number of fused-ring (bicyclic) bond motifs is 1. The van der Waals surface area contributed by atoms with Crippen LogP contribution in [0, 0.1) is 0 Å². The van der Waals surface area contributed by atoms with Gasteiger partial charge < -0.3 is 4.74 Å². The summed E-state index contributed by atoms with van der Waals surface area (Å²) in [6.45, 7) is 0. The molecule has 2 aromatic rings. The molecule has 0 aliphatic rings. The van der Waals surface area contributed by atoms with Crippen molar-refractivity contribution in [3.63, 3.8) is 0 Å². The van der Waals surface area contributed by atoms with Crippen molar-refractivity contribution >= 4 is 38.3 Å². The van der Waals surface area contributed by atoms with Crippen LogP contribution in [0.25, 0.3) is 10.8 Å². The average Bonchev–Trinajstić information content (AvgIpc) is 2.18. The van der Waals surface area contributed by atoms with E-state index in [1.165, 1.54) is 0 Å². The standard InChI is InChI=1S/C10H7BrClNO/c1-14-10-6-3-2-4-8(11)7(6)5-9(12)13-10/h2-5H,1H3. The number of pyridine rings is 1. The van der Waals surface area contributed by atoms with Crippen molar-refractivity contribution in [2.45, 2.75) is 0 Å². The molecule has 1 heterocycles. The molecule has 1 aromatic heterocycles. The van der Waals surface area contributed by atoms with E-state index in [2.05, 4.69) is 20.9 Å². The number of aromatic nitrogens is 1. The number of rotatable bonds is 1. The van der Waals surface area contributed by atoms with Crippen LogP contribution in [0.1, 0.15) is 0 Å². The van der Waals surface area contributed by atoms with Crippen molar-refractivity contribution in [1.82, 2.24) is 4.98 Å². The second-order valence-corrected chi connectivity index (χ2v) is 4.03. The fourth-order valence-corrected chi connectivity index (χ4v) is 2.00. The highest BCUT2D eigenvalue weighted by Gasteiger charge is 2.06. The first-order valence-electron chi connectivity index (χ1n) is 4.01. The van der Waals surface area contributed by atoms with E-state index in [4.69, 9.17) is 16.3 Å². The van der Waals surface area contributed by atoms with E-state index in [-0.39, 0.29) is 0 Å². The Bertz CT molecular complexity index is 487. The van der Waals surface area contributed by atoms with Crippen molar-refractivity contribution in [1.29, 1.82) is 0 Å². The van der Waals surface area contributed by atoms with Crippen LogP contribution in [-0.2, 0) is 0 Å². The molecule has 4 heteroatoms. The van der Waals surface area contributed by atoms with E-state index in [0.717, 1.165) is 15.2 Å². The SMILES string of the molecule is COc1nc(Cl)cc2c(Br)cccc12. The van der Waals surface area contributed by atoms with E-state index in [1.54, 1.807) is 7.11 Å². The Labute approximate surface area is 95.0 Å². The van der Waals surface area contributed by atoms with Gasteiger partial charge in [-0.3, -0.25) is 0 Å². The van der Waals surface area contributed by atoms with Gasteiger partial charge >= 0.3 is 0 Å². The zero-order valence-corrected chi connectivity index (χ0v) is 9.76. The molecule has 2 rings (SSSR count). The van der Waals surface area contributed by atoms with Crippen molar-refractivity contribution in [2.24, 2.45) is 0 Å². The quantitative estimate of drug-likeness (QED) is 0.739. The normalized spacial score (nSPS) is 10.5. The van der Waals surface area contributed by atoms with Gasteiger partial charge in [0, 0.05) is 15.2 Å². The van der Waals surface area contributed by atoms with Gasteiger partial charge in [-0.1, -0.05) is 33.6 Å². The molecule has 0 fully saturated rings. The molecule has 0 spiro atoms. The van der Waals surface area contributed by atoms with E-state index in [9.17, 15) is 0 Å². The zero-order valence-electron chi connectivity index (χ0n) is 7.42. The summed E-state index contributed by atoms with van der Waals surface area (Å²) in [5, 5.41) is 2.39. The Kier molecular flexibility index (Phi) is 2.61. The van der Waals surface area contributed by atoms with Gasteiger partial charge in [-0.25, -0.2) is 4.98 Å². The summed E-state index contributed by atoms with van der Waals surface area (Å²) < 4.78 is 6.13. The first-order chi connectivity index (χ1) is 6.72. The zero-order chi connectivity index (χ0) is 10.1. The fraction of sp³-hybridized carbons (Fsp3) is 0.100. The van der Waals surface area contributed by atoms with Gasteiger partial charge in [-0.05, 0) is 18.2 Å². The highest BCUT2D eigenvalue weighted by Crippen LogP contribution is 2.31. The van der Waals surface area contributed by atoms with Gasteiger partial charge in [0.2, 0.25) is 5.88 Å². The Hall–Kier alpha value is -0.800. The van der Waals surface area contributed by atoms with Gasteiger partial charge in [0.15, 0.2) is 0 Å².